The quantitative estimate of drug-likeness (QED) is 0.849. The molecule has 1 atom stereocenters. The van der Waals surface area contributed by atoms with Crippen LogP contribution in [0.2, 0.25) is 0 Å². The molecule has 2 aromatic carbocycles. The Morgan fingerprint density at radius 1 is 0.958 bits per heavy atom. The molecule has 1 saturated heterocycles. The molecule has 0 bridgehead atoms. The van der Waals surface area contributed by atoms with Gasteiger partial charge in [0.15, 0.2) is 0 Å². The molecule has 0 aromatic heterocycles. The van der Waals surface area contributed by atoms with Crippen LogP contribution in [0.4, 0.5) is 0 Å². The number of likely N-dealkylation sites (tertiary alicyclic amines) is 1. The van der Waals surface area contributed by atoms with E-state index in [4.69, 9.17) is 0 Å². The highest BCUT2D eigenvalue weighted by Gasteiger charge is 2.24. The lowest BCUT2D eigenvalue weighted by atomic mass is 9.94. The molecule has 1 heterocycles. The summed E-state index contributed by atoms with van der Waals surface area (Å²) < 4.78 is 25.9. The Kier molecular flexibility index (Phi) is 4.54. The van der Waals surface area contributed by atoms with Crippen LogP contribution >= 0.6 is 0 Å². The van der Waals surface area contributed by atoms with Crippen LogP contribution in [0.1, 0.15) is 34.6 Å². The number of likely N-dealkylation sites (N-methyl/N-ethyl adjacent to an activating group) is 1. The van der Waals surface area contributed by atoms with E-state index in [2.05, 4.69) is 11.9 Å². The van der Waals surface area contributed by atoms with E-state index in [0.29, 0.717) is 15.7 Å². The fourth-order valence-electron chi connectivity index (χ4n) is 3.69. The predicted octanol–water partition coefficient (Wildman–Crippen LogP) is 3.86. The van der Waals surface area contributed by atoms with Gasteiger partial charge >= 0.3 is 0 Å². The van der Waals surface area contributed by atoms with E-state index >= 15 is 0 Å². The van der Waals surface area contributed by atoms with Crippen molar-refractivity contribution >= 4 is 9.84 Å². The maximum atomic E-state index is 13.0. The fourth-order valence-corrected chi connectivity index (χ4v) is 5.22. The normalized spacial score (nSPS) is 18.9. The first-order valence-electron chi connectivity index (χ1n) is 8.40. The summed E-state index contributed by atoms with van der Waals surface area (Å²) in [5.41, 5.74) is 4.28. The van der Waals surface area contributed by atoms with Crippen molar-refractivity contribution in [3.05, 3.63) is 58.7 Å². The molecule has 128 valence electrons. The molecule has 2 aromatic rings. The van der Waals surface area contributed by atoms with Crippen LogP contribution in [0.25, 0.3) is 0 Å². The van der Waals surface area contributed by atoms with Crippen molar-refractivity contribution in [2.75, 3.05) is 20.1 Å². The van der Waals surface area contributed by atoms with Gasteiger partial charge < -0.3 is 4.90 Å². The third-order valence-corrected chi connectivity index (χ3v) is 6.62. The summed E-state index contributed by atoms with van der Waals surface area (Å²) in [7, 11) is -1.33. The van der Waals surface area contributed by atoms with E-state index in [-0.39, 0.29) is 0 Å². The average Bonchev–Trinajstić information content (AvgIpc) is 2.92. The minimum Gasteiger partial charge on any atom is -0.306 e. The van der Waals surface area contributed by atoms with Crippen LogP contribution in [0, 0.1) is 20.8 Å². The Morgan fingerprint density at radius 3 is 2.17 bits per heavy atom. The lowest BCUT2D eigenvalue weighted by Gasteiger charge is -2.15. The molecule has 3 rings (SSSR count). The number of rotatable bonds is 3. The summed E-state index contributed by atoms with van der Waals surface area (Å²) in [6.45, 7) is 8.03. The molecule has 1 unspecified atom stereocenters. The Hall–Kier alpha value is -1.65. The molecule has 1 fully saturated rings. The zero-order chi connectivity index (χ0) is 17.5. The van der Waals surface area contributed by atoms with Gasteiger partial charge in [-0.1, -0.05) is 12.1 Å². The van der Waals surface area contributed by atoms with Crippen LogP contribution in [-0.2, 0) is 9.84 Å². The van der Waals surface area contributed by atoms with Gasteiger partial charge in [-0.3, -0.25) is 0 Å². The van der Waals surface area contributed by atoms with E-state index in [1.807, 2.05) is 39.0 Å². The van der Waals surface area contributed by atoms with Crippen molar-refractivity contribution in [1.82, 2.24) is 4.90 Å². The van der Waals surface area contributed by atoms with Crippen molar-refractivity contribution < 1.29 is 8.42 Å². The minimum absolute atomic E-state index is 0.382. The lowest BCUT2D eigenvalue weighted by molar-refractivity contribution is 0.411. The van der Waals surface area contributed by atoms with Crippen molar-refractivity contribution in [1.29, 1.82) is 0 Å². The van der Waals surface area contributed by atoms with Gasteiger partial charge in [0.1, 0.15) is 0 Å². The van der Waals surface area contributed by atoms with Gasteiger partial charge in [-0.2, -0.15) is 0 Å². The van der Waals surface area contributed by atoms with E-state index in [1.165, 1.54) is 5.56 Å². The van der Waals surface area contributed by atoms with E-state index in [0.717, 1.165) is 36.2 Å². The number of sulfone groups is 1. The SMILES string of the molecule is Cc1cc(C)cc(S(=O)(=O)c2ccc(C3CCN(C)C3)c(C)c2)c1. The molecular formula is C20H25NO2S. The monoisotopic (exact) mass is 343 g/mol. The van der Waals surface area contributed by atoms with Gasteiger partial charge in [0.25, 0.3) is 0 Å². The smallest absolute Gasteiger partial charge is 0.206 e. The number of hydrogen-bond donors (Lipinski definition) is 0. The molecule has 0 aliphatic carbocycles. The summed E-state index contributed by atoms with van der Waals surface area (Å²) in [5, 5.41) is 0. The van der Waals surface area contributed by atoms with Crippen LogP contribution in [0.15, 0.2) is 46.2 Å². The van der Waals surface area contributed by atoms with Gasteiger partial charge in [-0.25, -0.2) is 8.42 Å². The molecule has 4 heteroatoms. The summed E-state index contributed by atoms with van der Waals surface area (Å²) >= 11 is 0. The van der Waals surface area contributed by atoms with Crippen LogP contribution in [0.5, 0.6) is 0 Å². The Bertz CT molecular complexity index is 851. The zero-order valence-electron chi connectivity index (χ0n) is 14.8. The highest BCUT2D eigenvalue weighted by molar-refractivity contribution is 7.91. The van der Waals surface area contributed by atoms with Gasteiger partial charge in [0.2, 0.25) is 9.84 Å². The molecule has 3 nitrogen and oxygen atoms in total. The van der Waals surface area contributed by atoms with Gasteiger partial charge in [-0.05, 0) is 93.2 Å². The van der Waals surface area contributed by atoms with Crippen LogP contribution in [-0.4, -0.2) is 33.5 Å². The molecule has 1 aliphatic rings. The summed E-state index contributed by atoms with van der Waals surface area (Å²) in [4.78, 5) is 3.09. The van der Waals surface area contributed by atoms with Crippen molar-refractivity contribution in [3.63, 3.8) is 0 Å². The molecule has 1 aliphatic heterocycles. The first-order valence-corrected chi connectivity index (χ1v) is 9.88. The molecular weight excluding hydrogens is 318 g/mol. The number of benzene rings is 2. The Labute approximate surface area is 145 Å². The van der Waals surface area contributed by atoms with Crippen LogP contribution in [0.3, 0.4) is 0 Å². The predicted molar refractivity (Wildman–Crippen MR) is 97.4 cm³/mol. The first kappa shape index (κ1) is 17.2. The molecule has 0 spiro atoms. The van der Waals surface area contributed by atoms with E-state index in [9.17, 15) is 8.42 Å². The highest BCUT2D eigenvalue weighted by Crippen LogP contribution is 2.31. The number of aryl methyl sites for hydroxylation is 3. The summed E-state index contributed by atoms with van der Waals surface area (Å²) in [5.74, 6) is 0.507. The highest BCUT2D eigenvalue weighted by atomic mass is 32.2. The molecule has 0 radical (unpaired) electrons. The maximum Gasteiger partial charge on any atom is 0.206 e. The van der Waals surface area contributed by atoms with Crippen molar-refractivity contribution in [3.8, 4) is 0 Å². The van der Waals surface area contributed by atoms with Gasteiger partial charge in [0.05, 0.1) is 9.79 Å². The third-order valence-electron chi connectivity index (χ3n) is 4.89. The second-order valence-electron chi connectivity index (χ2n) is 7.09. The maximum absolute atomic E-state index is 13.0. The molecule has 24 heavy (non-hydrogen) atoms. The molecule has 0 N–H and O–H groups in total. The molecule has 0 saturated carbocycles. The number of nitrogens with zero attached hydrogens (tertiary/aromatic N) is 1. The second-order valence-corrected chi connectivity index (χ2v) is 9.04. The largest absolute Gasteiger partial charge is 0.306 e. The summed E-state index contributed by atoms with van der Waals surface area (Å²) in [6, 6.07) is 11.1. The lowest BCUT2D eigenvalue weighted by Crippen LogP contribution is -2.13. The number of hydrogen-bond acceptors (Lipinski definition) is 3. The Morgan fingerprint density at radius 2 is 1.62 bits per heavy atom. The molecule has 0 amide bonds. The fraction of sp³-hybridized carbons (Fsp3) is 0.400. The van der Waals surface area contributed by atoms with Crippen molar-refractivity contribution in [2.24, 2.45) is 0 Å². The average molecular weight is 343 g/mol. The zero-order valence-corrected chi connectivity index (χ0v) is 15.7. The summed E-state index contributed by atoms with van der Waals surface area (Å²) in [6.07, 6.45) is 1.14. The first-order chi connectivity index (χ1) is 11.3. The Balaban J connectivity index is 1.98. The minimum atomic E-state index is -3.47. The standard InChI is InChI=1S/C20H25NO2S/c1-14-9-15(2)11-19(10-14)24(22,23)18-5-6-20(16(3)12-18)17-7-8-21(4)13-17/h5-6,9-12,17H,7-8,13H2,1-4H3. The second kappa shape index (κ2) is 6.34. The van der Waals surface area contributed by atoms with Crippen molar-refractivity contribution in [2.45, 2.75) is 42.9 Å². The van der Waals surface area contributed by atoms with Gasteiger partial charge in [-0.15, -0.1) is 0 Å². The van der Waals surface area contributed by atoms with Crippen LogP contribution < -0.4 is 0 Å². The van der Waals surface area contributed by atoms with E-state index < -0.39 is 9.84 Å². The van der Waals surface area contributed by atoms with E-state index in [1.54, 1.807) is 18.2 Å². The third kappa shape index (κ3) is 3.26. The topological polar surface area (TPSA) is 37.4 Å². The van der Waals surface area contributed by atoms with Gasteiger partial charge in [0, 0.05) is 6.54 Å².